The summed E-state index contributed by atoms with van der Waals surface area (Å²) in [5, 5.41) is 0. The average molecular weight is 338 g/mol. The van der Waals surface area contributed by atoms with Gasteiger partial charge in [-0.1, -0.05) is 18.2 Å². The summed E-state index contributed by atoms with van der Waals surface area (Å²) in [6.45, 7) is 2.50. The Balaban J connectivity index is 1.65. The van der Waals surface area contributed by atoms with Gasteiger partial charge < -0.3 is 14.5 Å². The quantitative estimate of drug-likeness (QED) is 0.836. The molecule has 0 unspecified atom stereocenters. The minimum atomic E-state index is -0.230. The highest BCUT2D eigenvalue weighted by molar-refractivity contribution is 5.94. The summed E-state index contributed by atoms with van der Waals surface area (Å²) >= 11 is 0. The van der Waals surface area contributed by atoms with Crippen LogP contribution in [0.5, 0.6) is 0 Å². The topological polar surface area (TPSA) is 58.6 Å². The van der Waals surface area contributed by atoms with Gasteiger partial charge in [0.1, 0.15) is 0 Å². The molecule has 2 aliphatic heterocycles. The Kier molecular flexibility index (Phi) is 3.92. The van der Waals surface area contributed by atoms with Crippen molar-refractivity contribution in [1.82, 2.24) is 14.9 Å². The first-order valence-electron chi connectivity index (χ1n) is 8.55. The standard InChI is InChI=1S/C19H22N4O2/c1-22(2)18-20-10-15-11-25-13-19(16(15)21-18)8-9-23(12-19)17(24)14-6-4-3-5-7-14/h3-7,10H,8-9,11-13H2,1-2H3/t19-/m1/s1. The van der Waals surface area contributed by atoms with Gasteiger partial charge in [0, 0.05) is 44.5 Å². The van der Waals surface area contributed by atoms with E-state index in [-0.39, 0.29) is 11.3 Å². The Morgan fingerprint density at radius 1 is 1.28 bits per heavy atom. The van der Waals surface area contributed by atoms with Crippen LogP contribution < -0.4 is 4.90 Å². The van der Waals surface area contributed by atoms with Gasteiger partial charge in [-0.2, -0.15) is 0 Å². The maximum atomic E-state index is 12.8. The molecule has 0 aliphatic carbocycles. The number of carbonyl (C=O) groups excluding carboxylic acids is 1. The summed E-state index contributed by atoms with van der Waals surface area (Å²) in [6.07, 6.45) is 2.72. The van der Waals surface area contributed by atoms with Gasteiger partial charge in [-0.25, -0.2) is 9.97 Å². The predicted molar refractivity (Wildman–Crippen MR) is 94.7 cm³/mol. The maximum absolute atomic E-state index is 12.8. The molecule has 0 bridgehead atoms. The number of nitrogens with zero attached hydrogens (tertiary/aromatic N) is 4. The zero-order valence-electron chi connectivity index (χ0n) is 14.6. The Bertz CT molecular complexity index is 793. The number of hydrogen-bond acceptors (Lipinski definition) is 5. The van der Waals surface area contributed by atoms with E-state index in [1.54, 1.807) is 0 Å². The molecule has 6 heteroatoms. The van der Waals surface area contributed by atoms with Crippen LogP contribution in [0.4, 0.5) is 5.95 Å². The zero-order valence-corrected chi connectivity index (χ0v) is 14.6. The molecule has 0 N–H and O–H groups in total. The lowest BCUT2D eigenvalue weighted by Gasteiger charge is -2.34. The maximum Gasteiger partial charge on any atom is 0.253 e. The molecule has 2 aliphatic rings. The number of fused-ring (bicyclic) bond motifs is 2. The number of carbonyl (C=O) groups is 1. The van der Waals surface area contributed by atoms with Crippen LogP contribution in [0.15, 0.2) is 36.5 Å². The van der Waals surface area contributed by atoms with Crippen molar-refractivity contribution in [3.8, 4) is 0 Å². The number of hydrogen-bond donors (Lipinski definition) is 0. The SMILES string of the molecule is CN(C)c1ncc2c(n1)[C@@]1(CCN(C(=O)c3ccccc3)C1)COC2. The summed E-state index contributed by atoms with van der Waals surface area (Å²) in [5.41, 5.74) is 2.57. The summed E-state index contributed by atoms with van der Waals surface area (Å²) in [5.74, 6) is 0.777. The van der Waals surface area contributed by atoms with Gasteiger partial charge in [-0.05, 0) is 18.6 Å². The summed E-state index contributed by atoms with van der Waals surface area (Å²) in [6, 6.07) is 9.45. The fourth-order valence-corrected chi connectivity index (χ4v) is 3.72. The van der Waals surface area contributed by atoms with Gasteiger partial charge >= 0.3 is 0 Å². The van der Waals surface area contributed by atoms with Crippen molar-refractivity contribution in [2.45, 2.75) is 18.4 Å². The van der Waals surface area contributed by atoms with E-state index in [4.69, 9.17) is 9.72 Å². The van der Waals surface area contributed by atoms with E-state index in [1.165, 1.54) is 0 Å². The fourth-order valence-electron chi connectivity index (χ4n) is 3.72. The van der Waals surface area contributed by atoms with Crippen LogP contribution in [0.1, 0.15) is 28.0 Å². The molecule has 0 radical (unpaired) electrons. The van der Waals surface area contributed by atoms with E-state index in [9.17, 15) is 4.79 Å². The zero-order chi connectivity index (χ0) is 17.4. The first-order valence-corrected chi connectivity index (χ1v) is 8.55. The number of rotatable bonds is 2. The fraction of sp³-hybridized carbons (Fsp3) is 0.421. The van der Waals surface area contributed by atoms with Crippen LogP contribution in [0, 0.1) is 0 Å². The van der Waals surface area contributed by atoms with Crippen molar-refractivity contribution in [1.29, 1.82) is 0 Å². The Morgan fingerprint density at radius 3 is 2.84 bits per heavy atom. The molecule has 1 aromatic carbocycles. The first kappa shape index (κ1) is 16.0. The molecule has 1 saturated heterocycles. The molecular weight excluding hydrogens is 316 g/mol. The molecule has 130 valence electrons. The van der Waals surface area contributed by atoms with E-state index in [0.29, 0.717) is 25.7 Å². The van der Waals surface area contributed by atoms with Crippen molar-refractivity contribution >= 4 is 11.9 Å². The highest BCUT2D eigenvalue weighted by Gasteiger charge is 2.46. The molecule has 1 aromatic heterocycles. The van der Waals surface area contributed by atoms with Gasteiger partial charge in [-0.15, -0.1) is 0 Å². The first-order chi connectivity index (χ1) is 12.1. The molecule has 25 heavy (non-hydrogen) atoms. The molecule has 4 rings (SSSR count). The lowest BCUT2D eigenvalue weighted by Crippen LogP contribution is -2.42. The third kappa shape index (κ3) is 2.76. The Hall–Kier alpha value is -2.47. The van der Waals surface area contributed by atoms with E-state index in [1.807, 2.05) is 60.4 Å². The van der Waals surface area contributed by atoms with Gasteiger partial charge in [0.15, 0.2) is 0 Å². The second-order valence-corrected chi connectivity index (χ2v) is 7.05. The van der Waals surface area contributed by atoms with Gasteiger partial charge in [0.2, 0.25) is 5.95 Å². The number of amides is 1. The van der Waals surface area contributed by atoms with Gasteiger partial charge in [-0.3, -0.25) is 4.79 Å². The Labute approximate surface area is 147 Å². The number of aromatic nitrogens is 2. The lowest BCUT2D eigenvalue weighted by atomic mass is 9.80. The molecular formula is C19H22N4O2. The van der Waals surface area contributed by atoms with Crippen LogP contribution in [-0.4, -0.2) is 54.6 Å². The molecule has 1 amide bonds. The predicted octanol–water partition coefficient (Wildman–Crippen LogP) is 1.86. The molecule has 1 spiro atoms. The van der Waals surface area contributed by atoms with Gasteiger partial charge in [0.25, 0.3) is 5.91 Å². The highest BCUT2D eigenvalue weighted by atomic mass is 16.5. The normalized spacial score (nSPS) is 22.1. The number of anilines is 1. The third-order valence-electron chi connectivity index (χ3n) is 5.05. The van der Waals surface area contributed by atoms with Crippen molar-refractivity contribution in [2.75, 3.05) is 38.7 Å². The van der Waals surface area contributed by atoms with Gasteiger partial charge in [0.05, 0.1) is 24.3 Å². The van der Waals surface area contributed by atoms with Crippen LogP contribution in [0.2, 0.25) is 0 Å². The van der Waals surface area contributed by atoms with Crippen LogP contribution >= 0.6 is 0 Å². The van der Waals surface area contributed by atoms with Crippen LogP contribution in [0.25, 0.3) is 0 Å². The molecule has 1 fully saturated rings. The highest BCUT2D eigenvalue weighted by Crippen LogP contribution is 2.39. The minimum Gasteiger partial charge on any atom is -0.376 e. The third-order valence-corrected chi connectivity index (χ3v) is 5.05. The van der Waals surface area contributed by atoms with Crippen molar-refractivity contribution < 1.29 is 9.53 Å². The number of benzene rings is 1. The molecule has 3 heterocycles. The number of ether oxygens (including phenoxy) is 1. The van der Waals surface area contributed by atoms with E-state index in [0.717, 1.165) is 29.8 Å². The monoisotopic (exact) mass is 338 g/mol. The summed E-state index contributed by atoms with van der Waals surface area (Å²) in [7, 11) is 3.88. The average Bonchev–Trinajstić information content (AvgIpc) is 3.06. The van der Waals surface area contributed by atoms with E-state index < -0.39 is 0 Å². The largest absolute Gasteiger partial charge is 0.376 e. The van der Waals surface area contributed by atoms with E-state index >= 15 is 0 Å². The molecule has 0 saturated carbocycles. The Morgan fingerprint density at radius 2 is 2.08 bits per heavy atom. The number of likely N-dealkylation sites (tertiary alicyclic amines) is 1. The van der Waals surface area contributed by atoms with E-state index in [2.05, 4.69) is 4.98 Å². The summed E-state index contributed by atoms with van der Waals surface area (Å²) < 4.78 is 5.84. The molecule has 1 atom stereocenters. The lowest BCUT2D eigenvalue weighted by molar-refractivity contribution is 0.0485. The van der Waals surface area contributed by atoms with Crippen molar-refractivity contribution in [3.63, 3.8) is 0 Å². The second kappa shape index (κ2) is 6.11. The van der Waals surface area contributed by atoms with Crippen LogP contribution in [0.3, 0.4) is 0 Å². The minimum absolute atomic E-state index is 0.0755. The molecule has 2 aromatic rings. The summed E-state index contributed by atoms with van der Waals surface area (Å²) in [4.78, 5) is 25.8. The van der Waals surface area contributed by atoms with Crippen molar-refractivity contribution in [2.24, 2.45) is 0 Å². The van der Waals surface area contributed by atoms with Crippen LogP contribution in [-0.2, 0) is 16.8 Å². The molecule has 6 nitrogen and oxygen atoms in total. The smallest absolute Gasteiger partial charge is 0.253 e. The van der Waals surface area contributed by atoms with Crippen molar-refractivity contribution in [3.05, 3.63) is 53.3 Å². The second-order valence-electron chi connectivity index (χ2n) is 7.05.